The van der Waals surface area contributed by atoms with Gasteiger partial charge in [-0.15, -0.1) is 0 Å². The molecule has 3 rings (SSSR count). The third-order valence-corrected chi connectivity index (χ3v) is 3.71. The lowest BCUT2D eigenvalue weighted by atomic mass is 9.74. The molecular formula is C14H16O. The standard InChI is InChI=1S/C14H16O/c1-10-6-7-12-11(9-10)14(2)8-4-3-5-13(14)15-12/h4,6-9,13H,3,5H2,1-2H3. The second kappa shape index (κ2) is 2.88. The maximum atomic E-state index is 6.02. The Morgan fingerprint density at radius 1 is 1.40 bits per heavy atom. The Hall–Kier alpha value is -1.24. The number of ether oxygens (including phenoxy) is 1. The van der Waals surface area contributed by atoms with Crippen LogP contribution in [0.1, 0.15) is 30.9 Å². The topological polar surface area (TPSA) is 9.23 Å². The van der Waals surface area contributed by atoms with Gasteiger partial charge < -0.3 is 4.74 Å². The highest BCUT2D eigenvalue weighted by molar-refractivity contribution is 5.50. The summed E-state index contributed by atoms with van der Waals surface area (Å²) in [5, 5.41) is 0. The van der Waals surface area contributed by atoms with Crippen LogP contribution in [0.15, 0.2) is 30.4 Å². The smallest absolute Gasteiger partial charge is 0.124 e. The molecule has 1 heteroatoms. The lowest BCUT2D eigenvalue weighted by Gasteiger charge is -2.30. The van der Waals surface area contributed by atoms with Crippen LogP contribution < -0.4 is 4.74 Å². The molecule has 0 fully saturated rings. The minimum absolute atomic E-state index is 0.111. The maximum Gasteiger partial charge on any atom is 0.124 e. The van der Waals surface area contributed by atoms with E-state index in [0.29, 0.717) is 6.10 Å². The van der Waals surface area contributed by atoms with Crippen molar-refractivity contribution in [3.05, 3.63) is 41.5 Å². The van der Waals surface area contributed by atoms with Gasteiger partial charge in [0, 0.05) is 5.56 Å². The first-order chi connectivity index (χ1) is 7.20. The molecule has 0 saturated carbocycles. The lowest BCUT2D eigenvalue weighted by molar-refractivity contribution is 0.164. The van der Waals surface area contributed by atoms with Gasteiger partial charge in [0.25, 0.3) is 0 Å². The predicted molar refractivity (Wildman–Crippen MR) is 61.3 cm³/mol. The number of allylic oxidation sites excluding steroid dienone is 1. The van der Waals surface area contributed by atoms with Gasteiger partial charge in [0.2, 0.25) is 0 Å². The molecule has 78 valence electrons. The van der Waals surface area contributed by atoms with E-state index in [1.54, 1.807) is 0 Å². The Kier molecular flexibility index (Phi) is 1.73. The Labute approximate surface area is 90.8 Å². The average molecular weight is 200 g/mol. The van der Waals surface area contributed by atoms with Gasteiger partial charge >= 0.3 is 0 Å². The number of fused-ring (bicyclic) bond motifs is 3. The minimum atomic E-state index is 0.111. The molecular weight excluding hydrogens is 184 g/mol. The zero-order valence-corrected chi connectivity index (χ0v) is 9.29. The molecule has 2 unspecified atom stereocenters. The van der Waals surface area contributed by atoms with Gasteiger partial charge in [0.1, 0.15) is 11.9 Å². The van der Waals surface area contributed by atoms with Gasteiger partial charge in [-0.2, -0.15) is 0 Å². The lowest BCUT2D eigenvalue weighted by Crippen LogP contribution is -2.35. The number of rotatable bonds is 0. The van der Waals surface area contributed by atoms with E-state index in [9.17, 15) is 0 Å². The summed E-state index contributed by atoms with van der Waals surface area (Å²) in [5.41, 5.74) is 2.79. The summed E-state index contributed by atoms with van der Waals surface area (Å²) in [6.07, 6.45) is 7.25. The molecule has 0 radical (unpaired) electrons. The van der Waals surface area contributed by atoms with Crippen LogP contribution in [0.2, 0.25) is 0 Å². The van der Waals surface area contributed by atoms with Crippen LogP contribution in [0.3, 0.4) is 0 Å². The zero-order valence-electron chi connectivity index (χ0n) is 9.29. The Balaban J connectivity index is 2.18. The van der Waals surface area contributed by atoms with Gasteiger partial charge in [-0.05, 0) is 32.8 Å². The molecule has 0 aromatic heterocycles. The van der Waals surface area contributed by atoms with Crippen molar-refractivity contribution in [3.8, 4) is 5.75 Å². The second-order valence-corrected chi connectivity index (χ2v) is 4.87. The summed E-state index contributed by atoms with van der Waals surface area (Å²) in [7, 11) is 0. The molecule has 1 aliphatic heterocycles. The first-order valence-electron chi connectivity index (χ1n) is 5.66. The van der Waals surface area contributed by atoms with Gasteiger partial charge in [0.05, 0.1) is 5.41 Å². The van der Waals surface area contributed by atoms with Gasteiger partial charge in [-0.3, -0.25) is 0 Å². The van der Waals surface area contributed by atoms with Gasteiger partial charge in [-0.1, -0.05) is 29.8 Å². The fourth-order valence-corrected chi connectivity index (χ4v) is 2.75. The van der Waals surface area contributed by atoms with Crippen molar-refractivity contribution in [3.63, 3.8) is 0 Å². The highest BCUT2D eigenvalue weighted by atomic mass is 16.5. The van der Waals surface area contributed by atoms with Crippen LogP contribution in [0.5, 0.6) is 5.75 Å². The van der Waals surface area contributed by atoms with Crippen LogP contribution >= 0.6 is 0 Å². The van der Waals surface area contributed by atoms with Crippen molar-refractivity contribution in [2.75, 3.05) is 0 Å². The summed E-state index contributed by atoms with van der Waals surface area (Å²) in [4.78, 5) is 0. The monoisotopic (exact) mass is 200 g/mol. The molecule has 2 aliphatic rings. The number of benzene rings is 1. The second-order valence-electron chi connectivity index (χ2n) is 4.87. The first-order valence-corrected chi connectivity index (χ1v) is 5.66. The maximum absolute atomic E-state index is 6.02. The highest BCUT2D eigenvalue weighted by Crippen LogP contribution is 2.47. The Morgan fingerprint density at radius 3 is 3.13 bits per heavy atom. The van der Waals surface area contributed by atoms with Crippen molar-refractivity contribution in [2.24, 2.45) is 0 Å². The van der Waals surface area contributed by atoms with Crippen molar-refractivity contribution < 1.29 is 4.74 Å². The van der Waals surface area contributed by atoms with Crippen molar-refractivity contribution in [2.45, 2.75) is 38.2 Å². The molecule has 1 aromatic rings. The minimum Gasteiger partial charge on any atom is -0.489 e. The fraction of sp³-hybridized carbons (Fsp3) is 0.429. The molecule has 2 atom stereocenters. The number of hydrogen-bond donors (Lipinski definition) is 0. The molecule has 15 heavy (non-hydrogen) atoms. The third kappa shape index (κ3) is 1.16. The molecule has 0 amide bonds. The van der Waals surface area contributed by atoms with Gasteiger partial charge in [-0.25, -0.2) is 0 Å². The molecule has 1 nitrogen and oxygen atoms in total. The summed E-state index contributed by atoms with van der Waals surface area (Å²) in [5.74, 6) is 1.08. The van der Waals surface area contributed by atoms with Crippen LogP contribution in [0, 0.1) is 6.92 Å². The normalized spacial score (nSPS) is 32.0. The van der Waals surface area contributed by atoms with E-state index in [-0.39, 0.29) is 5.41 Å². The molecule has 0 saturated heterocycles. The van der Waals surface area contributed by atoms with Crippen molar-refractivity contribution in [1.82, 2.24) is 0 Å². The number of hydrogen-bond acceptors (Lipinski definition) is 1. The predicted octanol–water partition coefficient (Wildman–Crippen LogP) is 3.36. The van der Waals surface area contributed by atoms with E-state index in [1.807, 2.05) is 0 Å². The van der Waals surface area contributed by atoms with Crippen molar-refractivity contribution in [1.29, 1.82) is 0 Å². The highest BCUT2D eigenvalue weighted by Gasteiger charge is 2.44. The molecule has 0 bridgehead atoms. The Morgan fingerprint density at radius 2 is 2.27 bits per heavy atom. The summed E-state index contributed by atoms with van der Waals surface area (Å²) in [6.45, 7) is 4.43. The molecule has 1 aromatic carbocycles. The zero-order chi connectivity index (χ0) is 10.5. The van der Waals surface area contributed by atoms with E-state index in [0.717, 1.165) is 18.6 Å². The molecule has 0 N–H and O–H groups in total. The Bertz CT molecular complexity index is 433. The SMILES string of the molecule is Cc1ccc2c(c1)C1(C)C=CCCC1O2. The van der Waals surface area contributed by atoms with E-state index in [4.69, 9.17) is 4.74 Å². The molecule has 1 aliphatic carbocycles. The van der Waals surface area contributed by atoms with E-state index in [1.165, 1.54) is 11.1 Å². The van der Waals surface area contributed by atoms with Crippen molar-refractivity contribution >= 4 is 0 Å². The first kappa shape index (κ1) is 9.02. The van der Waals surface area contributed by atoms with Crippen LogP contribution in [-0.4, -0.2) is 6.10 Å². The van der Waals surface area contributed by atoms with Gasteiger partial charge in [0.15, 0.2) is 0 Å². The number of aryl methyl sites for hydroxylation is 1. The largest absolute Gasteiger partial charge is 0.489 e. The van der Waals surface area contributed by atoms with E-state index < -0.39 is 0 Å². The third-order valence-electron chi connectivity index (χ3n) is 3.71. The summed E-state index contributed by atoms with van der Waals surface area (Å²) >= 11 is 0. The van der Waals surface area contributed by atoms with Crippen LogP contribution in [0.4, 0.5) is 0 Å². The fourth-order valence-electron chi connectivity index (χ4n) is 2.75. The van der Waals surface area contributed by atoms with E-state index in [2.05, 4.69) is 44.2 Å². The summed E-state index contributed by atoms with van der Waals surface area (Å²) < 4.78 is 6.02. The average Bonchev–Trinajstić information content (AvgIpc) is 2.51. The molecule has 1 heterocycles. The quantitative estimate of drug-likeness (QED) is 0.583. The van der Waals surface area contributed by atoms with Crippen LogP contribution in [-0.2, 0) is 5.41 Å². The van der Waals surface area contributed by atoms with Crippen LogP contribution in [0.25, 0.3) is 0 Å². The van der Waals surface area contributed by atoms with E-state index >= 15 is 0 Å². The summed E-state index contributed by atoms with van der Waals surface area (Å²) in [6, 6.07) is 6.51. The molecule has 0 spiro atoms.